The summed E-state index contributed by atoms with van der Waals surface area (Å²) in [6.07, 6.45) is 9.14. The smallest absolute Gasteiger partial charge is 0.266 e. The third kappa shape index (κ3) is 5.57. The van der Waals surface area contributed by atoms with Gasteiger partial charge in [-0.2, -0.15) is 0 Å². The van der Waals surface area contributed by atoms with Gasteiger partial charge in [0.2, 0.25) is 0 Å². The van der Waals surface area contributed by atoms with Crippen LogP contribution in [0.1, 0.15) is 39.7 Å². The van der Waals surface area contributed by atoms with Crippen LogP contribution in [0.3, 0.4) is 0 Å². The molecule has 4 aromatic rings. The van der Waals surface area contributed by atoms with E-state index in [1.807, 2.05) is 31.2 Å². The van der Waals surface area contributed by atoms with E-state index in [0.717, 1.165) is 39.6 Å². The molecule has 0 spiro atoms. The lowest BCUT2D eigenvalue weighted by atomic mass is 10.0. The summed E-state index contributed by atoms with van der Waals surface area (Å²) >= 11 is 0. The highest BCUT2D eigenvalue weighted by atomic mass is 19.2. The van der Waals surface area contributed by atoms with Gasteiger partial charge in [0, 0.05) is 24.0 Å². The molecule has 0 aliphatic carbocycles. The molecule has 5 rings (SSSR count). The van der Waals surface area contributed by atoms with Crippen molar-refractivity contribution >= 4 is 35.2 Å². The highest BCUT2D eigenvalue weighted by Crippen LogP contribution is 2.34. The second-order valence-electron chi connectivity index (χ2n) is 8.99. The molecule has 0 atom stereocenters. The van der Waals surface area contributed by atoms with Gasteiger partial charge in [-0.25, -0.2) is 18.7 Å². The van der Waals surface area contributed by atoms with Crippen molar-refractivity contribution in [2.75, 3.05) is 11.9 Å². The maximum atomic E-state index is 13.5. The van der Waals surface area contributed by atoms with Gasteiger partial charge in [0.1, 0.15) is 5.56 Å². The van der Waals surface area contributed by atoms with E-state index in [1.165, 1.54) is 18.7 Å². The number of hydrogen-bond acceptors (Lipinski definition) is 5. The number of anilines is 1. The van der Waals surface area contributed by atoms with Crippen molar-refractivity contribution in [2.24, 2.45) is 0 Å². The molecular formula is C28H22F2N6O3. The van der Waals surface area contributed by atoms with Crippen molar-refractivity contribution in [1.82, 2.24) is 24.8 Å². The Hall–Kier alpha value is -5.19. The minimum Gasteiger partial charge on any atom is -0.348 e. The van der Waals surface area contributed by atoms with Gasteiger partial charge in [-0.05, 0) is 42.3 Å². The number of carbonyl (C=O) groups excluding carboxylic acids is 2. The molecule has 2 aromatic carbocycles. The molecule has 11 heteroatoms. The van der Waals surface area contributed by atoms with Gasteiger partial charge in [-0.1, -0.05) is 29.8 Å². The Kier molecular flexibility index (Phi) is 6.96. The van der Waals surface area contributed by atoms with Crippen molar-refractivity contribution in [2.45, 2.75) is 13.5 Å². The fraction of sp³-hybridized carbons (Fsp3) is 0.107. The number of amides is 2. The van der Waals surface area contributed by atoms with E-state index in [2.05, 4.69) is 25.6 Å². The number of aromatic amines is 1. The maximum Gasteiger partial charge on any atom is 0.266 e. The molecular weight excluding hydrogens is 506 g/mol. The zero-order chi connectivity index (χ0) is 27.5. The highest BCUT2D eigenvalue weighted by molar-refractivity contribution is 6.34. The van der Waals surface area contributed by atoms with Gasteiger partial charge in [-0.3, -0.25) is 19.0 Å². The van der Waals surface area contributed by atoms with Gasteiger partial charge >= 0.3 is 0 Å². The number of hydrogen-bond donors (Lipinski definition) is 3. The van der Waals surface area contributed by atoms with E-state index < -0.39 is 23.1 Å². The Bertz CT molecular complexity index is 1710. The number of rotatable bonds is 7. The summed E-state index contributed by atoms with van der Waals surface area (Å²) in [6, 6.07) is 8.86. The second kappa shape index (κ2) is 10.7. The monoisotopic (exact) mass is 528 g/mol. The predicted molar refractivity (Wildman–Crippen MR) is 141 cm³/mol. The molecule has 3 N–H and O–H groups in total. The first kappa shape index (κ1) is 25.5. The van der Waals surface area contributed by atoms with E-state index in [-0.39, 0.29) is 24.6 Å². The zero-order valence-electron chi connectivity index (χ0n) is 20.7. The minimum absolute atomic E-state index is 0.0727. The van der Waals surface area contributed by atoms with Crippen molar-refractivity contribution in [3.05, 3.63) is 117 Å². The Labute approximate surface area is 220 Å². The number of aromatic nitrogens is 4. The average molecular weight is 529 g/mol. The lowest BCUT2D eigenvalue weighted by molar-refractivity contribution is -0.110. The zero-order valence-corrected chi connectivity index (χ0v) is 20.7. The summed E-state index contributed by atoms with van der Waals surface area (Å²) in [6.45, 7) is 1.90. The standard InChI is InChI=1S/C28H22F2N6O3/c1-16(6-17-2-4-20-21(9-19-11-31-14-34-19)27(38)35-25(20)8-17)10-33-26(37)22-12-32-15-36(28(22)39)13-18-3-5-23(29)24(30)7-18/h2-9,11-12,14-15H,10,13H2,1H3,(H,31,34)(H,33,37)(H,35,38)/b16-6+,21-9-. The quantitative estimate of drug-likeness (QED) is 0.317. The van der Waals surface area contributed by atoms with Crippen LogP contribution in [0.2, 0.25) is 0 Å². The number of benzene rings is 2. The van der Waals surface area contributed by atoms with Gasteiger partial charge in [0.05, 0.1) is 36.7 Å². The molecule has 0 unspecified atom stereocenters. The summed E-state index contributed by atoms with van der Waals surface area (Å²) < 4.78 is 27.9. The highest BCUT2D eigenvalue weighted by Gasteiger charge is 2.24. The third-order valence-corrected chi connectivity index (χ3v) is 6.07. The molecule has 1 aliphatic heterocycles. The number of nitrogens with one attached hydrogen (secondary N) is 3. The summed E-state index contributed by atoms with van der Waals surface area (Å²) in [4.78, 5) is 48.8. The molecule has 3 heterocycles. The van der Waals surface area contributed by atoms with Crippen LogP contribution in [0.4, 0.5) is 14.5 Å². The fourth-order valence-electron chi connectivity index (χ4n) is 4.15. The first-order chi connectivity index (χ1) is 18.8. The first-order valence-corrected chi connectivity index (χ1v) is 11.9. The lowest BCUT2D eigenvalue weighted by Crippen LogP contribution is -2.34. The van der Waals surface area contributed by atoms with Gasteiger partial charge in [-0.15, -0.1) is 0 Å². The second-order valence-corrected chi connectivity index (χ2v) is 8.99. The lowest BCUT2D eigenvalue weighted by Gasteiger charge is -2.09. The fourth-order valence-corrected chi connectivity index (χ4v) is 4.15. The van der Waals surface area contributed by atoms with Gasteiger partial charge < -0.3 is 15.6 Å². The number of imidazole rings is 1. The number of carbonyl (C=O) groups is 2. The molecule has 39 heavy (non-hydrogen) atoms. The van der Waals surface area contributed by atoms with Crippen molar-refractivity contribution in [3.8, 4) is 0 Å². The molecule has 0 radical (unpaired) electrons. The van der Waals surface area contributed by atoms with E-state index >= 15 is 0 Å². The molecule has 0 saturated heterocycles. The molecule has 2 amide bonds. The number of nitrogens with zero attached hydrogens (tertiary/aromatic N) is 3. The van der Waals surface area contributed by atoms with Crippen LogP contribution in [0.5, 0.6) is 0 Å². The summed E-state index contributed by atoms with van der Waals surface area (Å²) in [7, 11) is 0. The van der Waals surface area contributed by atoms with Crippen molar-refractivity contribution < 1.29 is 18.4 Å². The normalized spacial score (nSPS) is 13.9. The Morgan fingerprint density at radius 3 is 2.69 bits per heavy atom. The predicted octanol–water partition coefficient (Wildman–Crippen LogP) is 3.62. The Morgan fingerprint density at radius 1 is 1.08 bits per heavy atom. The van der Waals surface area contributed by atoms with E-state index in [9.17, 15) is 23.2 Å². The van der Waals surface area contributed by atoms with Crippen LogP contribution in [0.15, 0.2) is 71.8 Å². The SMILES string of the molecule is C/C(=C\c1ccc2c(c1)NC(=O)/C2=C\c1cnc[nH]1)CNC(=O)c1cncn(Cc2ccc(F)c(F)c2)c1=O. The molecule has 1 aliphatic rings. The van der Waals surface area contributed by atoms with Crippen molar-refractivity contribution in [1.29, 1.82) is 0 Å². The molecule has 9 nitrogen and oxygen atoms in total. The average Bonchev–Trinajstić information content (AvgIpc) is 3.53. The summed E-state index contributed by atoms with van der Waals surface area (Å²) in [5.41, 5.74) is 3.87. The molecule has 0 saturated carbocycles. The van der Waals surface area contributed by atoms with Crippen LogP contribution in [-0.4, -0.2) is 37.9 Å². The van der Waals surface area contributed by atoms with Crippen LogP contribution >= 0.6 is 0 Å². The van der Waals surface area contributed by atoms with E-state index in [4.69, 9.17) is 0 Å². The summed E-state index contributed by atoms with van der Waals surface area (Å²) in [5, 5.41) is 5.56. The maximum absolute atomic E-state index is 13.5. The van der Waals surface area contributed by atoms with E-state index in [1.54, 1.807) is 12.3 Å². The Balaban J connectivity index is 1.26. The van der Waals surface area contributed by atoms with Crippen LogP contribution < -0.4 is 16.2 Å². The molecule has 196 valence electrons. The van der Waals surface area contributed by atoms with E-state index in [0.29, 0.717) is 22.5 Å². The number of H-pyrrole nitrogens is 1. The minimum atomic E-state index is -1.03. The third-order valence-electron chi connectivity index (χ3n) is 6.07. The summed E-state index contributed by atoms with van der Waals surface area (Å²) in [5.74, 6) is -2.84. The number of fused-ring (bicyclic) bond motifs is 1. The largest absolute Gasteiger partial charge is 0.348 e. The van der Waals surface area contributed by atoms with Gasteiger partial charge in [0.15, 0.2) is 11.6 Å². The van der Waals surface area contributed by atoms with Gasteiger partial charge in [0.25, 0.3) is 17.4 Å². The first-order valence-electron chi connectivity index (χ1n) is 11.9. The van der Waals surface area contributed by atoms with Crippen LogP contribution in [0.25, 0.3) is 17.7 Å². The molecule has 2 aromatic heterocycles. The van der Waals surface area contributed by atoms with Crippen LogP contribution in [0, 0.1) is 11.6 Å². The number of halogens is 2. The molecule has 0 bridgehead atoms. The molecule has 0 fully saturated rings. The Morgan fingerprint density at radius 2 is 1.92 bits per heavy atom. The van der Waals surface area contributed by atoms with Crippen molar-refractivity contribution in [3.63, 3.8) is 0 Å². The van der Waals surface area contributed by atoms with Crippen LogP contribution in [-0.2, 0) is 11.3 Å². The topological polar surface area (TPSA) is 122 Å².